The number of hydrogen-bond acceptors (Lipinski definition) is 3. The van der Waals surface area contributed by atoms with Crippen LogP contribution >= 0.6 is 0 Å². The molecule has 2 aromatic carbocycles. The molecule has 5 heteroatoms. The smallest absolute Gasteiger partial charge is 0.238 e. The Morgan fingerprint density at radius 2 is 1.62 bits per heavy atom. The first kappa shape index (κ1) is 15.5. The molecule has 0 radical (unpaired) electrons. The maximum absolute atomic E-state index is 11.4. The first-order valence-electron chi connectivity index (χ1n) is 6.70. The third-order valence-corrected chi connectivity index (χ3v) is 4.21. The Kier molecular flexibility index (Phi) is 4.34. The lowest BCUT2D eigenvalue weighted by Crippen LogP contribution is -2.13. The van der Waals surface area contributed by atoms with Crippen LogP contribution in [-0.4, -0.2) is 8.42 Å². The molecule has 0 amide bonds. The van der Waals surface area contributed by atoms with Gasteiger partial charge in [0, 0.05) is 12.2 Å². The van der Waals surface area contributed by atoms with E-state index in [2.05, 4.69) is 37.4 Å². The first-order chi connectivity index (χ1) is 9.75. The van der Waals surface area contributed by atoms with Crippen molar-refractivity contribution in [2.75, 3.05) is 5.32 Å². The average molecular weight is 304 g/mol. The van der Waals surface area contributed by atoms with Gasteiger partial charge in [0.05, 0.1) is 4.90 Å². The zero-order chi connectivity index (χ0) is 15.6. The number of benzene rings is 2. The van der Waals surface area contributed by atoms with Crippen LogP contribution in [0.25, 0.3) is 0 Å². The highest BCUT2D eigenvalue weighted by Gasteiger charge is 2.09. The van der Waals surface area contributed by atoms with E-state index in [-0.39, 0.29) is 4.90 Å². The van der Waals surface area contributed by atoms with E-state index in [4.69, 9.17) is 5.14 Å². The van der Waals surface area contributed by atoms with Crippen molar-refractivity contribution in [2.45, 2.75) is 32.2 Å². The molecule has 0 saturated heterocycles. The minimum atomic E-state index is -3.68. The van der Waals surface area contributed by atoms with Gasteiger partial charge < -0.3 is 5.32 Å². The van der Waals surface area contributed by atoms with E-state index in [0.29, 0.717) is 6.54 Å². The van der Waals surface area contributed by atoms with Crippen LogP contribution in [0.1, 0.15) is 22.3 Å². The molecule has 0 atom stereocenters. The molecule has 0 aliphatic carbocycles. The highest BCUT2D eigenvalue weighted by Crippen LogP contribution is 2.20. The fourth-order valence-corrected chi connectivity index (χ4v) is 2.88. The molecule has 112 valence electrons. The van der Waals surface area contributed by atoms with Gasteiger partial charge in [-0.3, -0.25) is 0 Å². The number of nitrogens with two attached hydrogens (primary N) is 1. The van der Waals surface area contributed by atoms with E-state index in [1.807, 2.05) is 6.92 Å². The Bertz CT molecular complexity index is 748. The number of anilines is 1. The van der Waals surface area contributed by atoms with Crippen molar-refractivity contribution in [3.63, 3.8) is 0 Å². The third-order valence-electron chi connectivity index (χ3n) is 3.30. The maximum Gasteiger partial charge on any atom is 0.238 e. The topological polar surface area (TPSA) is 72.2 Å². The van der Waals surface area contributed by atoms with Crippen LogP contribution in [-0.2, 0) is 16.6 Å². The van der Waals surface area contributed by atoms with Crippen LogP contribution in [0.4, 0.5) is 5.69 Å². The molecule has 0 aromatic heterocycles. The molecule has 2 aromatic rings. The van der Waals surface area contributed by atoms with E-state index in [9.17, 15) is 8.42 Å². The maximum atomic E-state index is 11.4. The predicted molar refractivity (Wildman–Crippen MR) is 85.8 cm³/mol. The van der Waals surface area contributed by atoms with Crippen molar-refractivity contribution >= 4 is 15.7 Å². The van der Waals surface area contributed by atoms with Gasteiger partial charge in [-0.1, -0.05) is 35.4 Å². The molecule has 21 heavy (non-hydrogen) atoms. The van der Waals surface area contributed by atoms with Crippen LogP contribution in [0.3, 0.4) is 0 Å². The minimum absolute atomic E-state index is 0.121. The van der Waals surface area contributed by atoms with E-state index in [1.165, 1.54) is 17.2 Å². The van der Waals surface area contributed by atoms with Crippen molar-refractivity contribution in [1.82, 2.24) is 0 Å². The number of nitrogens with one attached hydrogen (secondary N) is 1. The van der Waals surface area contributed by atoms with Gasteiger partial charge in [-0.15, -0.1) is 0 Å². The molecule has 0 spiro atoms. The van der Waals surface area contributed by atoms with Gasteiger partial charge in [0.1, 0.15) is 0 Å². The van der Waals surface area contributed by atoms with Gasteiger partial charge in [-0.25, -0.2) is 13.6 Å². The predicted octanol–water partition coefficient (Wildman–Crippen LogP) is 2.87. The van der Waals surface area contributed by atoms with Gasteiger partial charge in [0.15, 0.2) is 0 Å². The molecule has 0 bridgehead atoms. The van der Waals surface area contributed by atoms with Crippen molar-refractivity contribution in [3.8, 4) is 0 Å². The zero-order valence-corrected chi connectivity index (χ0v) is 13.3. The number of primary sulfonamides is 1. The summed E-state index contributed by atoms with van der Waals surface area (Å²) >= 11 is 0. The SMILES string of the molecule is Cc1cc(C)cc(CNc2cc(S(N)(=O)=O)ccc2C)c1. The Morgan fingerprint density at radius 3 is 2.19 bits per heavy atom. The van der Waals surface area contributed by atoms with E-state index >= 15 is 0 Å². The number of hydrogen-bond donors (Lipinski definition) is 2. The first-order valence-corrected chi connectivity index (χ1v) is 8.25. The lowest BCUT2D eigenvalue weighted by molar-refractivity contribution is 0.598. The quantitative estimate of drug-likeness (QED) is 0.912. The van der Waals surface area contributed by atoms with Crippen LogP contribution in [0, 0.1) is 20.8 Å². The fraction of sp³-hybridized carbons (Fsp3) is 0.250. The van der Waals surface area contributed by atoms with Crippen molar-refractivity contribution in [1.29, 1.82) is 0 Å². The average Bonchev–Trinajstić information content (AvgIpc) is 2.35. The summed E-state index contributed by atoms with van der Waals surface area (Å²) in [6, 6.07) is 11.2. The summed E-state index contributed by atoms with van der Waals surface area (Å²) in [6.45, 7) is 6.68. The Labute approximate surface area is 126 Å². The Balaban J connectivity index is 2.23. The van der Waals surface area contributed by atoms with Crippen molar-refractivity contribution in [3.05, 3.63) is 58.7 Å². The molecule has 0 unspecified atom stereocenters. The summed E-state index contributed by atoms with van der Waals surface area (Å²) in [5, 5.41) is 8.44. The lowest BCUT2D eigenvalue weighted by Gasteiger charge is -2.12. The molecule has 0 heterocycles. The molecule has 0 aliphatic heterocycles. The molecule has 0 fully saturated rings. The molecule has 4 nitrogen and oxygen atoms in total. The molecule has 3 N–H and O–H groups in total. The van der Waals surface area contributed by atoms with Crippen LogP contribution in [0.15, 0.2) is 41.3 Å². The third kappa shape index (κ3) is 4.06. The monoisotopic (exact) mass is 304 g/mol. The summed E-state index contributed by atoms with van der Waals surface area (Å²) in [5.41, 5.74) is 5.34. The highest BCUT2D eigenvalue weighted by atomic mass is 32.2. The Hall–Kier alpha value is -1.85. The standard InChI is InChI=1S/C16H20N2O2S/c1-11-6-12(2)8-14(7-11)10-18-16-9-15(21(17,19)20)5-4-13(16)3/h4-9,18H,10H2,1-3H3,(H2,17,19,20). The fourth-order valence-electron chi connectivity index (χ4n) is 2.34. The number of aryl methyl sites for hydroxylation is 3. The van der Waals surface area contributed by atoms with Crippen LogP contribution in [0.2, 0.25) is 0 Å². The second-order valence-corrected chi connectivity index (χ2v) is 6.93. The molecule has 2 rings (SSSR count). The molecular weight excluding hydrogens is 284 g/mol. The number of rotatable bonds is 4. The largest absolute Gasteiger partial charge is 0.381 e. The molecular formula is C16H20N2O2S. The molecule has 0 aliphatic rings. The highest BCUT2D eigenvalue weighted by molar-refractivity contribution is 7.89. The minimum Gasteiger partial charge on any atom is -0.381 e. The van der Waals surface area contributed by atoms with Gasteiger partial charge in [-0.05, 0) is 44.0 Å². The van der Waals surface area contributed by atoms with Crippen LogP contribution < -0.4 is 10.5 Å². The Morgan fingerprint density at radius 1 is 1.00 bits per heavy atom. The van der Waals surface area contributed by atoms with Gasteiger partial charge in [-0.2, -0.15) is 0 Å². The van der Waals surface area contributed by atoms with Gasteiger partial charge >= 0.3 is 0 Å². The van der Waals surface area contributed by atoms with Crippen molar-refractivity contribution < 1.29 is 8.42 Å². The van der Waals surface area contributed by atoms with E-state index in [1.54, 1.807) is 12.1 Å². The van der Waals surface area contributed by atoms with Gasteiger partial charge in [0.2, 0.25) is 10.0 Å². The summed E-state index contributed by atoms with van der Waals surface area (Å²) < 4.78 is 22.8. The second kappa shape index (κ2) is 5.87. The van der Waals surface area contributed by atoms with Crippen LogP contribution in [0.5, 0.6) is 0 Å². The normalized spacial score (nSPS) is 11.4. The molecule has 0 saturated carbocycles. The zero-order valence-electron chi connectivity index (χ0n) is 12.5. The lowest BCUT2D eigenvalue weighted by atomic mass is 10.1. The summed E-state index contributed by atoms with van der Waals surface area (Å²) in [6.07, 6.45) is 0. The summed E-state index contributed by atoms with van der Waals surface area (Å²) in [4.78, 5) is 0.121. The van der Waals surface area contributed by atoms with E-state index in [0.717, 1.165) is 16.8 Å². The van der Waals surface area contributed by atoms with Crippen molar-refractivity contribution in [2.24, 2.45) is 5.14 Å². The second-order valence-electron chi connectivity index (χ2n) is 5.37. The summed E-state index contributed by atoms with van der Waals surface area (Å²) in [7, 11) is -3.68. The summed E-state index contributed by atoms with van der Waals surface area (Å²) in [5.74, 6) is 0. The number of sulfonamides is 1. The van der Waals surface area contributed by atoms with E-state index < -0.39 is 10.0 Å². The van der Waals surface area contributed by atoms with Gasteiger partial charge in [0.25, 0.3) is 0 Å².